The van der Waals surface area contributed by atoms with E-state index in [0.29, 0.717) is 6.42 Å². The van der Waals surface area contributed by atoms with Gasteiger partial charge in [0.25, 0.3) is 5.91 Å². The van der Waals surface area contributed by atoms with Crippen LogP contribution < -0.4 is 4.90 Å². The van der Waals surface area contributed by atoms with Crippen molar-refractivity contribution in [2.75, 3.05) is 18.6 Å². The van der Waals surface area contributed by atoms with E-state index in [1.165, 1.54) is 7.11 Å². The molecule has 0 aliphatic carbocycles. The zero-order chi connectivity index (χ0) is 16.0. The lowest BCUT2D eigenvalue weighted by Crippen LogP contribution is -2.44. The van der Waals surface area contributed by atoms with Gasteiger partial charge in [-0.25, -0.2) is 0 Å². The summed E-state index contributed by atoms with van der Waals surface area (Å²) in [5.41, 5.74) is 2.68. The Morgan fingerprint density at radius 2 is 1.86 bits per heavy atom. The molecule has 1 amide bonds. The Morgan fingerprint density at radius 3 is 2.29 bits per heavy atom. The summed E-state index contributed by atoms with van der Waals surface area (Å²) in [6.45, 7) is 5.66. The van der Waals surface area contributed by atoms with Gasteiger partial charge in [-0.1, -0.05) is 25.1 Å². The van der Waals surface area contributed by atoms with Gasteiger partial charge in [0.1, 0.15) is 6.61 Å². The number of hydrogen-bond acceptors (Lipinski definition) is 3. The van der Waals surface area contributed by atoms with Gasteiger partial charge in [-0.2, -0.15) is 0 Å². The van der Waals surface area contributed by atoms with Gasteiger partial charge in [0.05, 0.1) is 6.42 Å². The fraction of sp³-hybridized carbons (Fsp3) is 0.500. The average molecular weight is 293 g/mol. The molecule has 0 spiro atoms. The quantitative estimate of drug-likeness (QED) is 0.839. The second-order valence-electron chi connectivity index (χ2n) is 5.10. The SMILES string of the molecule is CCC(CC(=O)O)N(C(=O)COC)c1c(C)cccc1C. The van der Waals surface area contributed by atoms with E-state index in [1.54, 1.807) is 4.90 Å². The van der Waals surface area contributed by atoms with Crippen LogP contribution in [0.2, 0.25) is 0 Å². The standard InChI is InChI=1S/C16H23NO4/c1-5-13(9-15(19)20)17(14(18)10-21-4)16-11(2)7-6-8-12(16)3/h6-8,13H,5,9-10H2,1-4H3,(H,19,20). The smallest absolute Gasteiger partial charge is 0.305 e. The van der Waals surface area contributed by atoms with Crippen LogP contribution in [0.1, 0.15) is 30.9 Å². The van der Waals surface area contributed by atoms with Crippen LogP contribution in [0.3, 0.4) is 0 Å². The first-order chi connectivity index (χ1) is 9.92. The zero-order valence-electron chi connectivity index (χ0n) is 13.0. The van der Waals surface area contributed by atoms with Gasteiger partial charge in [-0.05, 0) is 31.4 Å². The van der Waals surface area contributed by atoms with Crippen molar-refractivity contribution in [3.8, 4) is 0 Å². The van der Waals surface area contributed by atoms with Crippen molar-refractivity contribution in [2.45, 2.75) is 39.7 Å². The van der Waals surface area contributed by atoms with E-state index in [4.69, 9.17) is 9.84 Å². The normalized spacial score (nSPS) is 12.0. The van der Waals surface area contributed by atoms with E-state index in [1.807, 2.05) is 39.0 Å². The minimum atomic E-state index is -0.914. The molecule has 1 aromatic rings. The number of carbonyl (C=O) groups is 2. The summed E-state index contributed by atoms with van der Waals surface area (Å²) < 4.78 is 4.95. The highest BCUT2D eigenvalue weighted by Crippen LogP contribution is 2.28. The number of aliphatic carboxylic acids is 1. The maximum atomic E-state index is 12.4. The molecule has 5 heteroatoms. The molecule has 0 aliphatic heterocycles. The second-order valence-corrected chi connectivity index (χ2v) is 5.10. The highest BCUT2D eigenvalue weighted by molar-refractivity contribution is 5.97. The van der Waals surface area contributed by atoms with Crippen molar-refractivity contribution >= 4 is 17.6 Å². The van der Waals surface area contributed by atoms with Crippen LogP contribution in [0.5, 0.6) is 0 Å². The van der Waals surface area contributed by atoms with Crippen LogP contribution in [-0.2, 0) is 14.3 Å². The molecular weight excluding hydrogens is 270 g/mol. The molecule has 0 bridgehead atoms. The number of nitrogens with zero attached hydrogens (tertiary/aromatic N) is 1. The topological polar surface area (TPSA) is 66.8 Å². The van der Waals surface area contributed by atoms with Crippen LogP contribution in [0, 0.1) is 13.8 Å². The molecule has 1 atom stereocenters. The van der Waals surface area contributed by atoms with Gasteiger partial charge in [0, 0.05) is 18.8 Å². The van der Waals surface area contributed by atoms with Crippen LogP contribution in [0.4, 0.5) is 5.69 Å². The molecule has 1 unspecified atom stereocenters. The summed E-state index contributed by atoms with van der Waals surface area (Å²) in [6, 6.07) is 5.38. The number of rotatable bonds is 7. The third-order valence-corrected chi connectivity index (χ3v) is 3.46. The molecule has 1 N–H and O–H groups in total. The summed E-state index contributed by atoms with van der Waals surface area (Å²) >= 11 is 0. The van der Waals surface area contributed by atoms with Gasteiger partial charge in [-0.3, -0.25) is 9.59 Å². The van der Waals surface area contributed by atoms with Crippen molar-refractivity contribution in [2.24, 2.45) is 0 Å². The number of para-hydroxylation sites is 1. The average Bonchev–Trinajstić information content (AvgIpc) is 2.41. The van der Waals surface area contributed by atoms with Crippen LogP contribution in [0.15, 0.2) is 18.2 Å². The van der Waals surface area contributed by atoms with Crippen molar-refractivity contribution in [3.05, 3.63) is 29.3 Å². The van der Waals surface area contributed by atoms with E-state index in [9.17, 15) is 9.59 Å². The molecule has 1 rings (SSSR count). The number of ether oxygens (including phenoxy) is 1. The van der Waals surface area contributed by atoms with Crippen LogP contribution in [0.25, 0.3) is 0 Å². The van der Waals surface area contributed by atoms with Gasteiger partial charge in [0.2, 0.25) is 0 Å². The van der Waals surface area contributed by atoms with Crippen molar-refractivity contribution in [1.82, 2.24) is 0 Å². The molecule has 0 saturated heterocycles. The number of carboxylic acid groups (broad SMARTS) is 1. The van der Waals surface area contributed by atoms with Gasteiger partial charge in [-0.15, -0.1) is 0 Å². The highest BCUT2D eigenvalue weighted by Gasteiger charge is 2.28. The van der Waals surface area contributed by atoms with Gasteiger partial charge < -0.3 is 14.7 Å². The fourth-order valence-corrected chi connectivity index (χ4v) is 2.51. The molecule has 21 heavy (non-hydrogen) atoms. The highest BCUT2D eigenvalue weighted by atomic mass is 16.5. The number of carboxylic acids is 1. The van der Waals surface area contributed by atoms with E-state index >= 15 is 0 Å². The maximum absolute atomic E-state index is 12.4. The maximum Gasteiger partial charge on any atom is 0.305 e. The Morgan fingerprint density at radius 1 is 1.29 bits per heavy atom. The first-order valence-electron chi connectivity index (χ1n) is 7.01. The summed E-state index contributed by atoms with van der Waals surface area (Å²) in [5.74, 6) is -1.13. The Kier molecular flexibility index (Phi) is 6.37. The zero-order valence-corrected chi connectivity index (χ0v) is 13.0. The van der Waals surface area contributed by atoms with E-state index < -0.39 is 5.97 Å². The summed E-state index contributed by atoms with van der Waals surface area (Å²) in [4.78, 5) is 25.1. The Hall–Kier alpha value is -1.88. The number of carbonyl (C=O) groups excluding carboxylic acids is 1. The molecule has 116 valence electrons. The molecule has 0 aromatic heterocycles. The molecular formula is C16H23NO4. The van der Waals surface area contributed by atoms with Crippen molar-refractivity contribution in [3.63, 3.8) is 0 Å². The second kappa shape index (κ2) is 7.78. The monoisotopic (exact) mass is 293 g/mol. The number of hydrogen-bond donors (Lipinski definition) is 1. The van der Waals surface area contributed by atoms with Crippen LogP contribution in [-0.4, -0.2) is 36.7 Å². The first kappa shape index (κ1) is 17.2. The molecule has 5 nitrogen and oxygen atoms in total. The molecule has 0 fully saturated rings. The minimum Gasteiger partial charge on any atom is -0.481 e. The Balaban J connectivity index is 3.30. The number of anilines is 1. The van der Waals surface area contributed by atoms with Gasteiger partial charge in [0.15, 0.2) is 0 Å². The van der Waals surface area contributed by atoms with Crippen LogP contribution >= 0.6 is 0 Å². The first-order valence-corrected chi connectivity index (χ1v) is 7.01. The van der Waals surface area contributed by atoms with Crippen molar-refractivity contribution in [1.29, 1.82) is 0 Å². The van der Waals surface area contributed by atoms with E-state index in [0.717, 1.165) is 16.8 Å². The van der Waals surface area contributed by atoms with E-state index in [-0.39, 0.29) is 25.0 Å². The lowest BCUT2D eigenvalue weighted by molar-refractivity contribution is -0.137. The summed E-state index contributed by atoms with van der Waals surface area (Å²) in [6.07, 6.45) is 0.481. The Bertz CT molecular complexity index is 493. The summed E-state index contributed by atoms with van der Waals surface area (Å²) in [5, 5.41) is 9.09. The number of aryl methyl sites for hydroxylation is 2. The summed E-state index contributed by atoms with van der Waals surface area (Å²) in [7, 11) is 1.46. The molecule has 0 heterocycles. The van der Waals surface area contributed by atoms with Gasteiger partial charge >= 0.3 is 5.97 Å². The predicted octanol–water partition coefficient (Wildman–Crippen LogP) is 2.54. The number of amides is 1. The predicted molar refractivity (Wildman–Crippen MR) is 81.6 cm³/mol. The van der Waals surface area contributed by atoms with Crippen molar-refractivity contribution < 1.29 is 19.4 Å². The fourth-order valence-electron chi connectivity index (χ4n) is 2.51. The Labute approximate surface area is 125 Å². The minimum absolute atomic E-state index is 0.0656. The number of benzene rings is 1. The largest absolute Gasteiger partial charge is 0.481 e. The molecule has 1 aromatic carbocycles. The third-order valence-electron chi connectivity index (χ3n) is 3.46. The molecule has 0 saturated carbocycles. The molecule has 0 radical (unpaired) electrons. The van der Waals surface area contributed by atoms with E-state index in [2.05, 4.69) is 0 Å². The lowest BCUT2D eigenvalue weighted by atomic mass is 10.0. The third kappa shape index (κ3) is 4.29. The lowest BCUT2D eigenvalue weighted by Gasteiger charge is -2.32. The molecule has 0 aliphatic rings. The number of methoxy groups -OCH3 is 1.